The van der Waals surface area contributed by atoms with E-state index in [0.29, 0.717) is 6.54 Å². The number of benzene rings is 1. The van der Waals surface area contributed by atoms with Gasteiger partial charge < -0.3 is 15.2 Å². The number of hydrogen-bond donors (Lipinski definition) is 1. The van der Waals surface area contributed by atoms with E-state index in [1.54, 1.807) is 25.6 Å². The van der Waals surface area contributed by atoms with Gasteiger partial charge in [-0.2, -0.15) is 0 Å². The maximum Gasteiger partial charge on any atom is 0.122 e. The Balaban J connectivity index is 2.27. The van der Waals surface area contributed by atoms with E-state index >= 15 is 0 Å². The van der Waals surface area contributed by atoms with E-state index in [9.17, 15) is 0 Å². The fraction of sp³-hybridized carbons (Fsp3) is 0.500. The first-order chi connectivity index (χ1) is 10.9. The van der Waals surface area contributed by atoms with Gasteiger partial charge in [0.1, 0.15) is 11.5 Å². The summed E-state index contributed by atoms with van der Waals surface area (Å²) in [6.07, 6.45) is 0.786. The van der Waals surface area contributed by atoms with Gasteiger partial charge in [0, 0.05) is 23.3 Å². The van der Waals surface area contributed by atoms with Gasteiger partial charge in [-0.25, -0.2) is 4.98 Å². The van der Waals surface area contributed by atoms with Gasteiger partial charge in [0.25, 0.3) is 0 Å². The summed E-state index contributed by atoms with van der Waals surface area (Å²) in [7, 11) is 3.35. The van der Waals surface area contributed by atoms with Crippen molar-refractivity contribution < 1.29 is 9.47 Å². The number of rotatable bonds is 6. The molecule has 0 spiro atoms. The van der Waals surface area contributed by atoms with Gasteiger partial charge in [0.2, 0.25) is 0 Å². The van der Waals surface area contributed by atoms with Crippen molar-refractivity contribution in [2.45, 2.75) is 38.5 Å². The first kappa shape index (κ1) is 17.8. The molecule has 0 radical (unpaired) electrons. The second kappa shape index (κ2) is 7.32. The highest BCUT2D eigenvalue weighted by Crippen LogP contribution is 2.32. The lowest BCUT2D eigenvalue weighted by molar-refractivity contribution is 0.397. The second-order valence-corrected chi connectivity index (χ2v) is 7.53. The molecule has 1 aromatic carbocycles. The molecule has 126 valence electrons. The van der Waals surface area contributed by atoms with Gasteiger partial charge in [-0.05, 0) is 30.2 Å². The molecule has 0 fully saturated rings. The number of thiazole rings is 1. The Labute approximate surface area is 142 Å². The predicted molar refractivity (Wildman–Crippen MR) is 95.9 cm³/mol. The number of aromatic nitrogens is 1. The summed E-state index contributed by atoms with van der Waals surface area (Å²) in [5.74, 6) is 1.86. The van der Waals surface area contributed by atoms with E-state index < -0.39 is 0 Å². The number of nitrogens with two attached hydrogens (primary N) is 1. The van der Waals surface area contributed by atoms with Crippen molar-refractivity contribution in [1.82, 2.24) is 4.98 Å². The van der Waals surface area contributed by atoms with Gasteiger partial charge in [-0.15, -0.1) is 11.3 Å². The molecule has 0 saturated carbocycles. The van der Waals surface area contributed by atoms with E-state index in [2.05, 4.69) is 26.2 Å². The van der Waals surface area contributed by atoms with Gasteiger partial charge in [-0.3, -0.25) is 0 Å². The average Bonchev–Trinajstić information content (AvgIpc) is 3.02. The molecule has 0 aliphatic carbocycles. The fourth-order valence-electron chi connectivity index (χ4n) is 2.40. The predicted octanol–water partition coefficient (Wildman–Crippen LogP) is 3.74. The summed E-state index contributed by atoms with van der Waals surface area (Å²) in [4.78, 5) is 4.81. The Morgan fingerprint density at radius 2 is 1.96 bits per heavy atom. The van der Waals surface area contributed by atoms with Crippen LogP contribution < -0.4 is 15.2 Å². The molecule has 2 aromatic rings. The lowest BCUT2D eigenvalue weighted by Crippen LogP contribution is -2.17. The van der Waals surface area contributed by atoms with Crippen molar-refractivity contribution >= 4 is 11.3 Å². The third-order valence-electron chi connectivity index (χ3n) is 3.88. The van der Waals surface area contributed by atoms with Crippen molar-refractivity contribution in [3.05, 3.63) is 39.8 Å². The number of hydrogen-bond acceptors (Lipinski definition) is 5. The van der Waals surface area contributed by atoms with Crippen LogP contribution in [-0.2, 0) is 11.8 Å². The number of nitrogens with zero attached hydrogens (tertiary/aromatic N) is 1. The molecule has 0 bridgehead atoms. The van der Waals surface area contributed by atoms with Crippen molar-refractivity contribution in [3.63, 3.8) is 0 Å². The van der Waals surface area contributed by atoms with Crippen molar-refractivity contribution in [2.24, 2.45) is 5.73 Å². The van der Waals surface area contributed by atoms with E-state index in [1.165, 1.54) is 0 Å². The molecule has 1 atom stereocenters. The summed E-state index contributed by atoms with van der Waals surface area (Å²) in [6.45, 7) is 7.08. The summed E-state index contributed by atoms with van der Waals surface area (Å²) in [5.41, 5.74) is 8.30. The largest absolute Gasteiger partial charge is 0.497 e. The van der Waals surface area contributed by atoms with Crippen LogP contribution in [0.3, 0.4) is 0 Å². The Hall–Kier alpha value is -1.59. The molecule has 1 aromatic heterocycles. The maximum absolute atomic E-state index is 6.03. The minimum Gasteiger partial charge on any atom is -0.497 e. The molecule has 0 saturated heterocycles. The van der Waals surface area contributed by atoms with E-state index in [4.69, 9.17) is 20.2 Å². The Morgan fingerprint density at radius 3 is 2.48 bits per heavy atom. The molecule has 5 heteroatoms. The Kier molecular flexibility index (Phi) is 5.65. The summed E-state index contributed by atoms with van der Waals surface area (Å²) < 4.78 is 10.8. The highest BCUT2D eigenvalue weighted by Gasteiger charge is 2.22. The third-order valence-corrected chi connectivity index (χ3v) is 4.89. The molecular weight excluding hydrogens is 308 g/mol. The monoisotopic (exact) mass is 334 g/mol. The van der Waals surface area contributed by atoms with Crippen LogP contribution in [0.25, 0.3) is 0 Å². The smallest absolute Gasteiger partial charge is 0.122 e. The topological polar surface area (TPSA) is 57.4 Å². The molecule has 0 amide bonds. The second-order valence-electron chi connectivity index (χ2n) is 6.64. The highest BCUT2D eigenvalue weighted by atomic mass is 32.1. The first-order valence-electron chi connectivity index (χ1n) is 7.76. The van der Waals surface area contributed by atoms with Crippen molar-refractivity contribution in [3.8, 4) is 11.5 Å². The molecule has 2 N–H and O–H groups in total. The van der Waals surface area contributed by atoms with E-state index in [-0.39, 0.29) is 11.3 Å². The highest BCUT2D eigenvalue weighted by molar-refractivity contribution is 7.09. The van der Waals surface area contributed by atoms with Crippen molar-refractivity contribution in [1.29, 1.82) is 0 Å². The first-order valence-corrected chi connectivity index (χ1v) is 8.64. The van der Waals surface area contributed by atoms with Crippen LogP contribution in [-0.4, -0.2) is 25.7 Å². The molecule has 1 unspecified atom stereocenters. The van der Waals surface area contributed by atoms with Crippen molar-refractivity contribution in [2.75, 3.05) is 20.8 Å². The molecular formula is C18H26N2O2S. The van der Waals surface area contributed by atoms with Gasteiger partial charge in [0.05, 0.1) is 24.9 Å². The van der Waals surface area contributed by atoms with Crippen LogP contribution in [0.1, 0.15) is 43.0 Å². The molecule has 0 aliphatic heterocycles. The third kappa shape index (κ3) is 4.24. The molecule has 23 heavy (non-hydrogen) atoms. The van der Waals surface area contributed by atoms with Crippen LogP contribution in [0, 0.1) is 0 Å². The number of methoxy groups -OCH3 is 2. The van der Waals surface area contributed by atoms with Gasteiger partial charge >= 0.3 is 0 Å². The average molecular weight is 334 g/mol. The van der Waals surface area contributed by atoms with Crippen LogP contribution in [0.2, 0.25) is 0 Å². The van der Waals surface area contributed by atoms with E-state index in [1.807, 2.05) is 18.2 Å². The molecule has 0 aliphatic rings. The minimum atomic E-state index is 0.0571. The standard InChI is InChI=1S/C18H26N2O2S/c1-18(2,3)16-11-23-17(20-16)13(10-19)8-12-9-14(21-4)6-7-15(12)22-5/h6-7,9,11,13H,8,10,19H2,1-5H3. The zero-order valence-electron chi connectivity index (χ0n) is 14.6. The summed E-state index contributed by atoms with van der Waals surface area (Å²) in [6, 6.07) is 5.85. The normalized spacial score (nSPS) is 13.0. The van der Waals surface area contributed by atoms with Gasteiger partial charge in [0.15, 0.2) is 0 Å². The quantitative estimate of drug-likeness (QED) is 0.874. The molecule has 1 heterocycles. The summed E-state index contributed by atoms with van der Waals surface area (Å²) >= 11 is 1.69. The van der Waals surface area contributed by atoms with E-state index in [0.717, 1.165) is 34.2 Å². The minimum absolute atomic E-state index is 0.0571. The molecule has 4 nitrogen and oxygen atoms in total. The Morgan fingerprint density at radius 1 is 1.22 bits per heavy atom. The van der Waals surface area contributed by atoms with Crippen LogP contribution >= 0.6 is 11.3 Å². The maximum atomic E-state index is 6.03. The number of ether oxygens (including phenoxy) is 2. The SMILES string of the molecule is COc1ccc(OC)c(CC(CN)c2nc(C(C)(C)C)cs2)c1. The lowest BCUT2D eigenvalue weighted by Gasteiger charge is -2.17. The van der Waals surface area contributed by atoms with Crippen LogP contribution in [0.4, 0.5) is 0 Å². The molecule has 2 rings (SSSR count). The summed E-state index contributed by atoms with van der Waals surface area (Å²) in [5, 5.41) is 3.23. The lowest BCUT2D eigenvalue weighted by atomic mass is 9.93. The fourth-order valence-corrected chi connectivity index (χ4v) is 3.56. The van der Waals surface area contributed by atoms with Crippen LogP contribution in [0.15, 0.2) is 23.6 Å². The zero-order chi connectivity index (χ0) is 17.0. The zero-order valence-corrected chi connectivity index (χ0v) is 15.4. The van der Waals surface area contributed by atoms with Crippen LogP contribution in [0.5, 0.6) is 11.5 Å². The Bertz CT molecular complexity index is 647. The van der Waals surface area contributed by atoms with Gasteiger partial charge in [-0.1, -0.05) is 20.8 Å².